The van der Waals surface area contributed by atoms with Gasteiger partial charge in [-0.25, -0.2) is 0 Å². The number of aryl methyl sites for hydroxylation is 2. The quantitative estimate of drug-likeness (QED) is 0.879. The molecule has 5 heteroatoms. The lowest BCUT2D eigenvalue weighted by atomic mass is 10.1. The summed E-state index contributed by atoms with van der Waals surface area (Å²) in [5, 5.41) is 2.86. The first kappa shape index (κ1) is 18.5. The van der Waals surface area contributed by atoms with Crippen molar-refractivity contribution < 1.29 is 14.3 Å². The summed E-state index contributed by atoms with van der Waals surface area (Å²) in [6, 6.07) is 13.1. The molecule has 0 saturated heterocycles. The van der Waals surface area contributed by atoms with Crippen molar-refractivity contribution in [3.8, 4) is 5.75 Å². The van der Waals surface area contributed by atoms with Gasteiger partial charge < -0.3 is 15.0 Å². The minimum atomic E-state index is -0.150. The van der Waals surface area contributed by atoms with Gasteiger partial charge in [-0.15, -0.1) is 0 Å². The minimum Gasteiger partial charge on any atom is -0.495 e. The summed E-state index contributed by atoms with van der Waals surface area (Å²) >= 11 is 0. The van der Waals surface area contributed by atoms with Crippen molar-refractivity contribution in [3.63, 3.8) is 0 Å². The van der Waals surface area contributed by atoms with Crippen molar-refractivity contribution in [1.29, 1.82) is 0 Å². The smallest absolute Gasteiger partial charge is 0.251 e. The molecule has 0 aliphatic rings. The number of benzene rings is 2. The number of hydrogen-bond donors (Lipinski definition) is 1. The predicted molar refractivity (Wildman–Crippen MR) is 99.3 cm³/mol. The first-order chi connectivity index (χ1) is 11.9. The van der Waals surface area contributed by atoms with Crippen LogP contribution in [0.3, 0.4) is 0 Å². The molecule has 0 heterocycles. The largest absolute Gasteiger partial charge is 0.495 e. The molecule has 0 bridgehead atoms. The third kappa shape index (κ3) is 4.83. The van der Waals surface area contributed by atoms with E-state index >= 15 is 0 Å². The van der Waals surface area contributed by atoms with Crippen molar-refractivity contribution in [2.45, 2.75) is 20.8 Å². The Hall–Kier alpha value is -2.82. The van der Waals surface area contributed by atoms with Gasteiger partial charge >= 0.3 is 0 Å². The fourth-order valence-corrected chi connectivity index (χ4v) is 2.63. The second-order valence-electron chi connectivity index (χ2n) is 5.97. The summed E-state index contributed by atoms with van der Waals surface area (Å²) in [6.07, 6.45) is 0. The van der Waals surface area contributed by atoms with Crippen molar-refractivity contribution >= 4 is 17.5 Å². The fraction of sp³-hybridized carbons (Fsp3) is 0.300. The highest BCUT2D eigenvalue weighted by Crippen LogP contribution is 2.29. The van der Waals surface area contributed by atoms with Crippen molar-refractivity contribution in [3.05, 3.63) is 59.2 Å². The van der Waals surface area contributed by atoms with Crippen molar-refractivity contribution in [2.24, 2.45) is 0 Å². The second kappa shape index (κ2) is 8.33. The van der Waals surface area contributed by atoms with Crippen LogP contribution in [0.4, 0.5) is 5.69 Å². The molecule has 0 aliphatic carbocycles. The standard InChI is InChI=1S/C20H24N2O3/c1-14-6-5-7-17(12-14)20(24)21-10-11-22(16(3)23)18-13-15(2)8-9-19(18)25-4/h5-9,12-13H,10-11H2,1-4H3,(H,21,24). The second-order valence-corrected chi connectivity index (χ2v) is 5.97. The molecule has 2 rings (SSSR count). The zero-order valence-electron chi connectivity index (χ0n) is 15.1. The van der Waals surface area contributed by atoms with Crippen LogP contribution in [0.5, 0.6) is 5.75 Å². The summed E-state index contributed by atoms with van der Waals surface area (Å²) < 4.78 is 5.36. The lowest BCUT2D eigenvalue weighted by Gasteiger charge is -2.24. The summed E-state index contributed by atoms with van der Waals surface area (Å²) in [7, 11) is 1.58. The van der Waals surface area contributed by atoms with Crippen LogP contribution in [0.1, 0.15) is 28.4 Å². The Kier molecular flexibility index (Phi) is 6.17. The summed E-state index contributed by atoms with van der Waals surface area (Å²) in [5.74, 6) is 0.378. The molecule has 5 nitrogen and oxygen atoms in total. The Bertz CT molecular complexity index is 771. The van der Waals surface area contributed by atoms with Gasteiger partial charge in [-0.2, -0.15) is 0 Å². The van der Waals surface area contributed by atoms with E-state index in [0.717, 1.165) is 11.1 Å². The number of carbonyl (C=O) groups is 2. The minimum absolute atomic E-state index is 0.103. The van der Waals surface area contributed by atoms with Crippen LogP contribution in [-0.4, -0.2) is 32.0 Å². The number of anilines is 1. The molecule has 0 atom stereocenters. The molecule has 0 fully saturated rings. The molecule has 0 aliphatic heterocycles. The zero-order valence-corrected chi connectivity index (χ0v) is 15.1. The van der Waals surface area contributed by atoms with Crippen LogP contribution >= 0.6 is 0 Å². The van der Waals surface area contributed by atoms with E-state index in [0.29, 0.717) is 30.1 Å². The van der Waals surface area contributed by atoms with Gasteiger partial charge in [0.25, 0.3) is 5.91 Å². The molecular formula is C20H24N2O3. The number of nitrogens with one attached hydrogen (secondary N) is 1. The Morgan fingerprint density at radius 2 is 1.80 bits per heavy atom. The number of ether oxygens (including phenoxy) is 1. The number of carbonyl (C=O) groups excluding carboxylic acids is 2. The first-order valence-electron chi connectivity index (χ1n) is 8.20. The number of amides is 2. The molecule has 132 valence electrons. The Morgan fingerprint density at radius 1 is 1.08 bits per heavy atom. The van der Waals surface area contributed by atoms with E-state index in [1.54, 1.807) is 18.1 Å². The molecule has 2 aromatic carbocycles. The highest BCUT2D eigenvalue weighted by Gasteiger charge is 2.16. The van der Waals surface area contributed by atoms with Gasteiger partial charge in [-0.3, -0.25) is 9.59 Å². The Balaban J connectivity index is 2.07. The molecule has 1 N–H and O–H groups in total. The van der Waals surface area contributed by atoms with Crippen LogP contribution in [0.2, 0.25) is 0 Å². The average Bonchev–Trinajstić information content (AvgIpc) is 2.58. The SMILES string of the molecule is COc1ccc(C)cc1N(CCNC(=O)c1cccc(C)c1)C(C)=O. The van der Waals surface area contributed by atoms with Crippen molar-refractivity contribution in [1.82, 2.24) is 5.32 Å². The van der Waals surface area contributed by atoms with E-state index in [4.69, 9.17) is 4.74 Å². The molecule has 0 aromatic heterocycles. The molecule has 2 amide bonds. The molecule has 0 unspecified atom stereocenters. The van der Waals surface area contributed by atoms with E-state index in [9.17, 15) is 9.59 Å². The van der Waals surface area contributed by atoms with Gasteiger partial charge in [-0.1, -0.05) is 23.8 Å². The number of nitrogens with zero attached hydrogens (tertiary/aromatic N) is 1. The lowest BCUT2D eigenvalue weighted by Crippen LogP contribution is -2.37. The number of rotatable bonds is 6. The van der Waals surface area contributed by atoms with Gasteiger partial charge in [0.2, 0.25) is 5.91 Å². The molecule has 25 heavy (non-hydrogen) atoms. The Labute approximate surface area is 148 Å². The zero-order chi connectivity index (χ0) is 18.4. The first-order valence-corrected chi connectivity index (χ1v) is 8.20. The summed E-state index contributed by atoms with van der Waals surface area (Å²) in [4.78, 5) is 25.9. The van der Waals surface area contributed by atoms with Gasteiger partial charge in [0, 0.05) is 25.6 Å². The van der Waals surface area contributed by atoms with Gasteiger partial charge in [0.1, 0.15) is 5.75 Å². The molecule has 0 radical (unpaired) electrons. The van der Waals surface area contributed by atoms with Crippen LogP contribution in [0.25, 0.3) is 0 Å². The van der Waals surface area contributed by atoms with Gasteiger partial charge in [0.15, 0.2) is 0 Å². The molecule has 2 aromatic rings. The maximum atomic E-state index is 12.2. The molecule has 0 spiro atoms. The highest BCUT2D eigenvalue weighted by atomic mass is 16.5. The van der Waals surface area contributed by atoms with Crippen LogP contribution in [0, 0.1) is 13.8 Å². The lowest BCUT2D eigenvalue weighted by molar-refractivity contribution is -0.116. The van der Waals surface area contributed by atoms with Gasteiger partial charge in [0.05, 0.1) is 12.8 Å². The monoisotopic (exact) mass is 340 g/mol. The summed E-state index contributed by atoms with van der Waals surface area (Å²) in [5.41, 5.74) is 3.38. The average molecular weight is 340 g/mol. The van der Waals surface area contributed by atoms with E-state index < -0.39 is 0 Å². The summed E-state index contributed by atoms with van der Waals surface area (Å²) in [6.45, 7) is 6.12. The van der Waals surface area contributed by atoms with E-state index in [-0.39, 0.29) is 11.8 Å². The van der Waals surface area contributed by atoms with Crippen LogP contribution < -0.4 is 15.0 Å². The Morgan fingerprint density at radius 3 is 2.44 bits per heavy atom. The highest BCUT2D eigenvalue weighted by molar-refractivity contribution is 5.95. The van der Waals surface area contributed by atoms with E-state index in [2.05, 4.69) is 5.32 Å². The molecular weight excluding hydrogens is 316 g/mol. The normalized spacial score (nSPS) is 10.2. The third-order valence-electron chi connectivity index (χ3n) is 3.91. The van der Waals surface area contributed by atoms with Crippen LogP contribution in [0.15, 0.2) is 42.5 Å². The van der Waals surface area contributed by atoms with E-state index in [1.807, 2.05) is 50.2 Å². The molecule has 0 saturated carbocycles. The topological polar surface area (TPSA) is 58.6 Å². The number of hydrogen-bond acceptors (Lipinski definition) is 3. The van der Waals surface area contributed by atoms with Crippen LogP contribution in [-0.2, 0) is 4.79 Å². The van der Waals surface area contributed by atoms with Gasteiger partial charge in [-0.05, 0) is 43.7 Å². The maximum Gasteiger partial charge on any atom is 0.251 e. The third-order valence-corrected chi connectivity index (χ3v) is 3.91. The number of methoxy groups -OCH3 is 1. The fourth-order valence-electron chi connectivity index (χ4n) is 2.63. The predicted octanol–water partition coefficient (Wildman–Crippen LogP) is 3.09. The van der Waals surface area contributed by atoms with E-state index in [1.165, 1.54) is 6.92 Å². The maximum absolute atomic E-state index is 12.2. The van der Waals surface area contributed by atoms with Crippen molar-refractivity contribution in [2.75, 3.05) is 25.1 Å².